The Hall–Kier alpha value is -2.76. The molecule has 0 radical (unpaired) electrons. The molecule has 0 fully saturated rings. The van der Waals surface area contributed by atoms with Crippen molar-refractivity contribution in [2.24, 2.45) is 0 Å². The lowest BCUT2D eigenvalue weighted by molar-refractivity contribution is -0.138. The standard InChI is InChI=1S/C15H14FNO4/c1-21-13-5-3-2-4-12(13)17-14(15(19)20)9-6-10(16)8-11(18)7-9/h2-8,14,17-18H,1H3,(H,19,20). The molecule has 2 rings (SSSR count). The van der Waals surface area contributed by atoms with Crippen molar-refractivity contribution in [1.82, 2.24) is 0 Å². The van der Waals surface area contributed by atoms with Gasteiger partial charge in [-0.05, 0) is 29.8 Å². The van der Waals surface area contributed by atoms with Crippen LogP contribution in [0.3, 0.4) is 0 Å². The van der Waals surface area contributed by atoms with Crippen LogP contribution in [0.15, 0.2) is 42.5 Å². The van der Waals surface area contributed by atoms with Gasteiger partial charge < -0.3 is 20.3 Å². The molecule has 2 aromatic carbocycles. The molecule has 110 valence electrons. The molecular weight excluding hydrogens is 277 g/mol. The third-order valence-electron chi connectivity index (χ3n) is 2.89. The number of hydrogen-bond donors (Lipinski definition) is 3. The first-order chi connectivity index (χ1) is 10.0. The number of hydrogen-bond acceptors (Lipinski definition) is 4. The fraction of sp³-hybridized carbons (Fsp3) is 0.133. The van der Waals surface area contributed by atoms with Crippen molar-refractivity contribution in [1.29, 1.82) is 0 Å². The predicted molar refractivity (Wildman–Crippen MR) is 75.1 cm³/mol. The lowest BCUT2D eigenvalue weighted by Gasteiger charge is -2.18. The zero-order valence-electron chi connectivity index (χ0n) is 11.2. The number of ether oxygens (including phenoxy) is 1. The second kappa shape index (κ2) is 6.13. The van der Waals surface area contributed by atoms with E-state index in [1.165, 1.54) is 13.2 Å². The van der Waals surface area contributed by atoms with Crippen LogP contribution in [0.25, 0.3) is 0 Å². The van der Waals surface area contributed by atoms with Gasteiger partial charge in [-0.25, -0.2) is 9.18 Å². The Balaban J connectivity index is 2.38. The summed E-state index contributed by atoms with van der Waals surface area (Å²) in [5.74, 6) is -1.79. The summed E-state index contributed by atoms with van der Waals surface area (Å²) in [6, 6.07) is 8.72. The number of aliphatic carboxylic acids is 1. The molecule has 6 heteroatoms. The fourth-order valence-electron chi connectivity index (χ4n) is 1.97. The summed E-state index contributed by atoms with van der Waals surface area (Å²) in [6.07, 6.45) is 0. The molecule has 0 amide bonds. The molecule has 0 heterocycles. The van der Waals surface area contributed by atoms with Crippen LogP contribution in [-0.4, -0.2) is 23.3 Å². The van der Waals surface area contributed by atoms with E-state index in [0.29, 0.717) is 11.4 Å². The van der Waals surface area contributed by atoms with Crippen LogP contribution < -0.4 is 10.1 Å². The van der Waals surface area contributed by atoms with Gasteiger partial charge in [0, 0.05) is 6.07 Å². The molecule has 21 heavy (non-hydrogen) atoms. The molecule has 0 aliphatic heterocycles. The smallest absolute Gasteiger partial charge is 0.330 e. The zero-order chi connectivity index (χ0) is 15.4. The van der Waals surface area contributed by atoms with Gasteiger partial charge in [-0.2, -0.15) is 0 Å². The average molecular weight is 291 g/mol. The molecule has 0 aliphatic rings. The number of carbonyl (C=O) groups is 1. The topological polar surface area (TPSA) is 78.8 Å². The third-order valence-corrected chi connectivity index (χ3v) is 2.89. The van der Waals surface area contributed by atoms with Crippen LogP contribution in [-0.2, 0) is 4.79 Å². The lowest BCUT2D eigenvalue weighted by atomic mass is 10.1. The average Bonchev–Trinajstić information content (AvgIpc) is 2.43. The van der Waals surface area contributed by atoms with Crippen molar-refractivity contribution in [3.8, 4) is 11.5 Å². The number of phenols is 1. The molecule has 3 N–H and O–H groups in total. The molecule has 0 saturated heterocycles. The van der Waals surface area contributed by atoms with Crippen molar-refractivity contribution in [3.63, 3.8) is 0 Å². The van der Waals surface area contributed by atoms with Gasteiger partial charge in [-0.1, -0.05) is 12.1 Å². The highest BCUT2D eigenvalue weighted by atomic mass is 19.1. The van der Waals surface area contributed by atoms with E-state index >= 15 is 0 Å². The molecular formula is C15H14FNO4. The number of aromatic hydroxyl groups is 1. The van der Waals surface area contributed by atoms with Crippen LogP contribution in [0, 0.1) is 5.82 Å². The van der Waals surface area contributed by atoms with E-state index in [2.05, 4.69) is 5.32 Å². The SMILES string of the molecule is COc1ccccc1NC(C(=O)O)c1cc(O)cc(F)c1. The molecule has 5 nitrogen and oxygen atoms in total. The summed E-state index contributed by atoms with van der Waals surface area (Å²) in [7, 11) is 1.46. The van der Waals surface area contributed by atoms with Gasteiger partial charge in [0.25, 0.3) is 0 Å². The number of rotatable bonds is 5. The largest absolute Gasteiger partial charge is 0.508 e. The van der Waals surface area contributed by atoms with Crippen LogP contribution in [0.1, 0.15) is 11.6 Å². The Labute approximate surface area is 120 Å². The molecule has 0 saturated carbocycles. The minimum absolute atomic E-state index is 0.103. The van der Waals surface area contributed by atoms with Crippen molar-refractivity contribution in [3.05, 3.63) is 53.8 Å². The normalized spacial score (nSPS) is 11.7. The van der Waals surface area contributed by atoms with Crippen LogP contribution >= 0.6 is 0 Å². The minimum atomic E-state index is -1.22. The minimum Gasteiger partial charge on any atom is -0.508 e. The lowest BCUT2D eigenvalue weighted by Crippen LogP contribution is -2.21. The first-order valence-corrected chi connectivity index (χ1v) is 6.13. The number of methoxy groups -OCH3 is 1. The van der Waals surface area contributed by atoms with Crippen molar-refractivity contribution in [2.45, 2.75) is 6.04 Å². The van der Waals surface area contributed by atoms with E-state index in [4.69, 9.17) is 4.74 Å². The first-order valence-electron chi connectivity index (χ1n) is 6.13. The molecule has 0 bridgehead atoms. The number of benzene rings is 2. The maximum atomic E-state index is 13.3. The van der Waals surface area contributed by atoms with Crippen molar-refractivity contribution in [2.75, 3.05) is 12.4 Å². The summed E-state index contributed by atoms with van der Waals surface area (Å²) in [5.41, 5.74) is 0.557. The Morgan fingerprint density at radius 2 is 2.00 bits per heavy atom. The zero-order valence-corrected chi connectivity index (χ0v) is 11.2. The van der Waals surface area contributed by atoms with Gasteiger partial charge in [0.15, 0.2) is 6.04 Å². The summed E-state index contributed by atoms with van der Waals surface area (Å²) in [4.78, 5) is 11.4. The highest BCUT2D eigenvalue weighted by molar-refractivity contribution is 5.80. The molecule has 0 aliphatic carbocycles. The van der Waals surface area contributed by atoms with Gasteiger partial charge in [-0.15, -0.1) is 0 Å². The van der Waals surface area contributed by atoms with Gasteiger partial charge in [0.05, 0.1) is 12.8 Å². The van der Waals surface area contributed by atoms with E-state index in [9.17, 15) is 19.4 Å². The predicted octanol–water partition coefficient (Wildman–Crippen LogP) is 2.78. The van der Waals surface area contributed by atoms with Gasteiger partial charge in [-0.3, -0.25) is 0 Å². The summed E-state index contributed by atoms with van der Waals surface area (Å²) in [6.45, 7) is 0. The Kier molecular flexibility index (Phi) is 4.27. The van der Waals surface area contributed by atoms with E-state index < -0.39 is 17.8 Å². The molecule has 0 aromatic heterocycles. The van der Waals surface area contributed by atoms with Crippen LogP contribution in [0.4, 0.5) is 10.1 Å². The van der Waals surface area contributed by atoms with E-state index in [0.717, 1.165) is 12.1 Å². The summed E-state index contributed by atoms with van der Waals surface area (Å²) in [5, 5.41) is 21.5. The Morgan fingerprint density at radius 1 is 1.29 bits per heavy atom. The highest BCUT2D eigenvalue weighted by Gasteiger charge is 2.22. The molecule has 1 unspecified atom stereocenters. The Bertz CT molecular complexity index is 640. The number of carboxylic acid groups (broad SMARTS) is 1. The summed E-state index contributed by atoms with van der Waals surface area (Å²) >= 11 is 0. The highest BCUT2D eigenvalue weighted by Crippen LogP contribution is 2.29. The number of anilines is 1. The number of nitrogens with one attached hydrogen (secondary N) is 1. The maximum Gasteiger partial charge on any atom is 0.330 e. The monoisotopic (exact) mass is 291 g/mol. The van der Waals surface area contributed by atoms with E-state index in [-0.39, 0.29) is 11.3 Å². The van der Waals surface area contributed by atoms with Crippen molar-refractivity contribution < 1.29 is 24.1 Å². The number of phenolic OH excluding ortho intramolecular Hbond substituents is 1. The van der Waals surface area contributed by atoms with E-state index in [1.54, 1.807) is 24.3 Å². The van der Waals surface area contributed by atoms with Crippen LogP contribution in [0.5, 0.6) is 11.5 Å². The maximum absolute atomic E-state index is 13.3. The molecule has 2 aromatic rings. The number of halogens is 1. The van der Waals surface area contributed by atoms with E-state index in [1.807, 2.05) is 0 Å². The first kappa shape index (κ1) is 14.6. The molecule has 1 atom stereocenters. The second-order valence-electron chi connectivity index (χ2n) is 4.36. The van der Waals surface area contributed by atoms with Crippen molar-refractivity contribution >= 4 is 11.7 Å². The summed E-state index contributed by atoms with van der Waals surface area (Å²) < 4.78 is 18.5. The fourth-order valence-corrected chi connectivity index (χ4v) is 1.97. The second-order valence-corrected chi connectivity index (χ2v) is 4.36. The molecule has 0 spiro atoms. The van der Waals surface area contributed by atoms with Gasteiger partial charge in [0.2, 0.25) is 0 Å². The van der Waals surface area contributed by atoms with Gasteiger partial charge in [0.1, 0.15) is 17.3 Å². The quantitative estimate of drug-likeness (QED) is 0.789. The Morgan fingerprint density at radius 3 is 2.62 bits per heavy atom. The third kappa shape index (κ3) is 3.42. The number of carboxylic acids is 1. The number of para-hydroxylation sites is 2. The van der Waals surface area contributed by atoms with Crippen LogP contribution in [0.2, 0.25) is 0 Å². The van der Waals surface area contributed by atoms with Gasteiger partial charge >= 0.3 is 5.97 Å².